The Morgan fingerprint density at radius 3 is 2.44 bits per heavy atom. The van der Waals surface area contributed by atoms with Gasteiger partial charge in [0, 0.05) is 12.0 Å². The summed E-state index contributed by atoms with van der Waals surface area (Å²) in [6.45, 7) is 0. The molecule has 0 aliphatic carbocycles. The molecule has 0 N–H and O–H groups in total. The fraction of sp³-hybridized carbons (Fsp3) is 0.0714. The third-order valence-corrected chi connectivity index (χ3v) is 2.73. The highest BCUT2D eigenvalue weighted by Gasteiger charge is 2.19. The summed E-state index contributed by atoms with van der Waals surface area (Å²) in [6.07, 6.45) is 0.410. The van der Waals surface area contributed by atoms with Gasteiger partial charge in [0.1, 0.15) is 11.5 Å². The zero-order chi connectivity index (χ0) is 11.0. The van der Waals surface area contributed by atoms with Gasteiger partial charge in [-0.3, -0.25) is 4.79 Å². The Hall–Kier alpha value is -2.09. The number of hydrogen-bond acceptors (Lipinski definition) is 2. The summed E-state index contributed by atoms with van der Waals surface area (Å²) in [5.41, 5.74) is 1.61. The second-order valence-corrected chi connectivity index (χ2v) is 3.81. The molecule has 1 heterocycles. The molecule has 1 aliphatic rings. The molecule has 0 unspecified atom stereocenters. The van der Waals surface area contributed by atoms with E-state index in [1.807, 2.05) is 48.5 Å². The Kier molecular flexibility index (Phi) is 2.00. The Labute approximate surface area is 93.5 Å². The highest BCUT2D eigenvalue weighted by atomic mass is 16.5. The molecule has 0 amide bonds. The lowest BCUT2D eigenvalue weighted by Crippen LogP contribution is -2.01. The second-order valence-electron chi connectivity index (χ2n) is 3.81. The van der Waals surface area contributed by atoms with E-state index in [0.717, 1.165) is 11.3 Å². The Morgan fingerprint density at radius 2 is 1.56 bits per heavy atom. The normalized spacial score (nSPS) is 13.4. The van der Waals surface area contributed by atoms with E-state index in [-0.39, 0.29) is 5.78 Å². The van der Waals surface area contributed by atoms with Crippen LogP contribution in [0.5, 0.6) is 11.5 Å². The number of para-hydroxylation sites is 2. The van der Waals surface area contributed by atoms with E-state index in [0.29, 0.717) is 17.7 Å². The lowest BCUT2D eigenvalue weighted by molar-refractivity contribution is 0.0993. The number of carbonyl (C=O) groups excluding carboxylic acids is 1. The smallest absolute Gasteiger partial charge is 0.171 e. The van der Waals surface area contributed by atoms with E-state index in [1.165, 1.54) is 0 Å². The topological polar surface area (TPSA) is 26.3 Å². The van der Waals surface area contributed by atoms with Gasteiger partial charge in [-0.25, -0.2) is 0 Å². The molecule has 0 saturated carbocycles. The van der Waals surface area contributed by atoms with Gasteiger partial charge in [-0.15, -0.1) is 0 Å². The van der Waals surface area contributed by atoms with Gasteiger partial charge in [0.25, 0.3) is 0 Å². The van der Waals surface area contributed by atoms with Crippen LogP contribution in [0.3, 0.4) is 0 Å². The minimum atomic E-state index is 0.112. The number of fused-ring (bicyclic) bond motifs is 2. The monoisotopic (exact) mass is 210 g/mol. The average molecular weight is 210 g/mol. The van der Waals surface area contributed by atoms with Crippen LogP contribution < -0.4 is 4.74 Å². The van der Waals surface area contributed by atoms with E-state index in [9.17, 15) is 4.79 Å². The van der Waals surface area contributed by atoms with Crippen LogP contribution in [0.4, 0.5) is 0 Å². The minimum Gasteiger partial charge on any atom is -0.456 e. The summed E-state index contributed by atoms with van der Waals surface area (Å²) in [6, 6.07) is 15.0. The van der Waals surface area contributed by atoms with E-state index in [1.54, 1.807) is 0 Å². The third kappa shape index (κ3) is 1.39. The first kappa shape index (κ1) is 9.16. The van der Waals surface area contributed by atoms with Crippen molar-refractivity contribution in [3.05, 3.63) is 59.7 Å². The number of rotatable bonds is 0. The molecule has 16 heavy (non-hydrogen) atoms. The summed E-state index contributed by atoms with van der Waals surface area (Å²) in [5.74, 6) is 1.54. The molecular weight excluding hydrogens is 200 g/mol. The molecule has 1 aliphatic heterocycles. The van der Waals surface area contributed by atoms with Gasteiger partial charge < -0.3 is 4.74 Å². The zero-order valence-electron chi connectivity index (χ0n) is 8.64. The number of Topliss-reactive ketones (excluding diaryl/α,β-unsaturated/α-hetero) is 1. The van der Waals surface area contributed by atoms with Gasteiger partial charge in [0.05, 0.1) is 5.56 Å². The molecule has 2 aromatic carbocycles. The van der Waals surface area contributed by atoms with Crippen molar-refractivity contribution in [3.63, 3.8) is 0 Å². The van der Waals surface area contributed by atoms with Crippen LogP contribution in [0.25, 0.3) is 0 Å². The van der Waals surface area contributed by atoms with Crippen molar-refractivity contribution in [2.45, 2.75) is 6.42 Å². The zero-order valence-corrected chi connectivity index (χ0v) is 8.64. The van der Waals surface area contributed by atoms with Crippen molar-refractivity contribution in [2.75, 3.05) is 0 Å². The molecule has 2 aromatic rings. The third-order valence-electron chi connectivity index (χ3n) is 2.73. The van der Waals surface area contributed by atoms with E-state index < -0.39 is 0 Å². The van der Waals surface area contributed by atoms with E-state index in [2.05, 4.69) is 0 Å². The van der Waals surface area contributed by atoms with Crippen LogP contribution >= 0.6 is 0 Å². The van der Waals surface area contributed by atoms with Crippen LogP contribution in [0, 0.1) is 0 Å². The van der Waals surface area contributed by atoms with Crippen LogP contribution in [0.15, 0.2) is 48.5 Å². The van der Waals surface area contributed by atoms with Crippen molar-refractivity contribution < 1.29 is 9.53 Å². The first-order valence-electron chi connectivity index (χ1n) is 5.22. The minimum absolute atomic E-state index is 0.112. The Bertz CT molecular complexity index is 558. The van der Waals surface area contributed by atoms with Crippen molar-refractivity contribution in [1.29, 1.82) is 0 Å². The van der Waals surface area contributed by atoms with Crippen LogP contribution in [0.2, 0.25) is 0 Å². The van der Waals surface area contributed by atoms with Crippen molar-refractivity contribution in [3.8, 4) is 11.5 Å². The van der Waals surface area contributed by atoms with Crippen molar-refractivity contribution in [2.24, 2.45) is 0 Å². The van der Waals surface area contributed by atoms with E-state index >= 15 is 0 Å². The van der Waals surface area contributed by atoms with Gasteiger partial charge in [-0.1, -0.05) is 30.3 Å². The average Bonchev–Trinajstić information content (AvgIpc) is 2.45. The van der Waals surface area contributed by atoms with Gasteiger partial charge in [0.2, 0.25) is 0 Å². The van der Waals surface area contributed by atoms with Gasteiger partial charge >= 0.3 is 0 Å². The first-order valence-corrected chi connectivity index (χ1v) is 5.22. The molecule has 3 rings (SSSR count). The van der Waals surface area contributed by atoms with E-state index in [4.69, 9.17) is 4.74 Å². The maximum Gasteiger partial charge on any atom is 0.171 e. The number of carbonyl (C=O) groups is 1. The molecule has 2 nitrogen and oxygen atoms in total. The summed E-state index contributed by atoms with van der Waals surface area (Å²) in [7, 11) is 0. The first-order chi connectivity index (χ1) is 7.84. The molecule has 0 fully saturated rings. The maximum absolute atomic E-state index is 12.0. The molecule has 78 valence electrons. The van der Waals surface area contributed by atoms with Crippen LogP contribution in [-0.2, 0) is 6.42 Å². The SMILES string of the molecule is O=C1Cc2ccccc2Oc2ccccc21. The predicted molar refractivity (Wildman–Crippen MR) is 61.0 cm³/mol. The number of ether oxygens (including phenoxy) is 1. The standard InChI is InChI=1S/C14H10O2/c15-12-9-10-5-1-3-7-13(10)16-14-8-4-2-6-11(12)14/h1-8H,9H2. The van der Waals surface area contributed by atoms with Gasteiger partial charge in [-0.05, 0) is 18.2 Å². The second kappa shape index (κ2) is 3.49. The summed E-state index contributed by atoms with van der Waals surface area (Å²) >= 11 is 0. The number of hydrogen-bond donors (Lipinski definition) is 0. The van der Waals surface area contributed by atoms with Crippen molar-refractivity contribution in [1.82, 2.24) is 0 Å². The largest absolute Gasteiger partial charge is 0.456 e. The quantitative estimate of drug-likeness (QED) is 0.667. The highest BCUT2D eigenvalue weighted by molar-refractivity contribution is 6.01. The fourth-order valence-corrected chi connectivity index (χ4v) is 1.92. The molecule has 0 aromatic heterocycles. The van der Waals surface area contributed by atoms with Gasteiger partial charge in [-0.2, -0.15) is 0 Å². The van der Waals surface area contributed by atoms with Crippen LogP contribution in [-0.4, -0.2) is 5.78 Å². The summed E-state index contributed by atoms with van der Waals surface area (Å²) in [5, 5.41) is 0. The Balaban J connectivity index is 2.18. The summed E-state index contributed by atoms with van der Waals surface area (Å²) in [4.78, 5) is 12.0. The maximum atomic E-state index is 12.0. The molecule has 0 atom stereocenters. The van der Waals surface area contributed by atoms with Gasteiger partial charge in [0.15, 0.2) is 5.78 Å². The lowest BCUT2D eigenvalue weighted by atomic mass is 10.0. The highest BCUT2D eigenvalue weighted by Crippen LogP contribution is 2.32. The summed E-state index contributed by atoms with van der Waals surface area (Å²) < 4.78 is 5.75. The molecule has 0 bridgehead atoms. The molecule has 0 spiro atoms. The Morgan fingerprint density at radius 1 is 0.875 bits per heavy atom. The number of ketones is 1. The fourth-order valence-electron chi connectivity index (χ4n) is 1.92. The molecule has 2 heteroatoms. The molecule has 0 saturated heterocycles. The molecule has 0 radical (unpaired) electrons. The molecular formula is C14H10O2. The number of benzene rings is 2. The van der Waals surface area contributed by atoms with Crippen LogP contribution in [0.1, 0.15) is 15.9 Å². The predicted octanol–water partition coefficient (Wildman–Crippen LogP) is 3.22. The lowest BCUT2D eigenvalue weighted by Gasteiger charge is -2.06. The van der Waals surface area contributed by atoms with Crippen molar-refractivity contribution >= 4 is 5.78 Å².